The average Bonchev–Trinajstić information content (AvgIpc) is 2.30. The number of benzene rings is 1. The molecule has 20 heavy (non-hydrogen) atoms. The van der Waals surface area contributed by atoms with Crippen molar-refractivity contribution >= 4 is 36.4 Å². The molecule has 0 saturated carbocycles. The second-order valence-electron chi connectivity index (χ2n) is 4.39. The highest BCUT2D eigenvalue weighted by atomic mass is 35.5. The quantitative estimate of drug-likeness (QED) is 0.832. The molecule has 0 aliphatic rings. The van der Waals surface area contributed by atoms with Crippen molar-refractivity contribution in [3.8, 4) is 0 Å². The third kappa shape index (κ3) is 7.07. The molecule has 1 unspecified atom stereocenters. The van der Waals surface area contributed by atoms with Crippen LogP contribution in [0.25, 0.3) is 0 Å². The SMILES string of the molecule is COC(CN)C(=O)Nc1cccc(CN(C)C)c1.Cl.Cl. The first-order chi connectivity index (χ1) is 8.56. The van der Waals surface area contributed by atoms with Gasteiger partial charge in [-0.2, -0.15) is 0 Å². The van der Waals surface area contributed by atoms with Crippen molar-refractivity contribution in [3.63, 3.8) is 0 Å². The summed E-state index contributed by atoms with van der Waals surface area (Å²) in [5.41, 5.74) is 7.34. The molecule has 1 atom stereocenters. The minimum absolute atomic E-state index is 0. The van der Waals surface area contributed by atoms with Crippen LogP contribution in [0.4, 0.5) is 5.69 Å². The van der Waals surface area contributed by atoms with Crippen LogP contribution in [0.1, 0.15) is 5.56 Å². The largest absolute Gasteiger partial charge is 0.370 e. The van der Waals surface area contributed by atoms with Gasteiger partial charge in [-0.3, -0.25) is 4.79 Å². The Kier molecular flexibility index (Phi) is 11.7. The van der Waals surface area contributed by atoms with Crippen molar-refractivity contribution < 1.29 is 9.53 Å². The van der Waals surface area contributed by atoms with Gasteiger partial charge in [0.15, 0.2) is 0 Å². The summed E-state index contributed by atoms with van der Waals surface area (Å²) in [6, 6.07) is 7.73. The molecule has 0 radical (unpaired) electrons. The van der Waals surface area contributed by atoms with E-state index in [9.17, 15) is 4.79 Å². The number of nitrogens with zero attached hydrogens (tertiary/aromatic N) is 1. The van der Waals surface area contributed by atoms with Crippen molar-refractivity contribution in [2.45, 2.75) is 12.6 Å². The number of amides is 1. The number of hydrogen-bond acceptors (Lipinski definition) is 4. The number of ether oxygens (including phenoxy) is 1. The third-order valence-electron chi connectivity index (χ3n) is 2.48. The van der Waals surface area contributed by atoms with Gasteiger partial charge in [0.25, 0.3) is 5.91 Å². The average molecular weight is 324 g/mol. The molecule has 1 aromatic carbocycles. The summed E-state index contributed by atoms with van der Waals surface area (Å²) in [6.45, 7) is 0.994. The van der Waals surface area contributed by atoms with E-state index in [1.807, 2.05) is 38.4 Å². The Morgan fingerprint density at radius 3 is 2.55 bits per heavy atom. The van der Waals surface area contributed by atoms with E-state index < -0.39 is 6.10 Å². The molecule has 1 amide bonds. The molecule has 0 aliphatic heterocycles. The minimum atomic E-state index is -0.609. The molecule has 1 aromatic rings. The lowest BCUT2D eigenvalue weighted by atomic mass is 10.2. The van der Waals surface area contributed by atoms with Crippen LogP contribution in [-0.4, -0.2) is 44.7 Å². The zero-order chi connectivity index (χ0) is 13.5. The third-order valence-corrected chi connectivity index (χ3v) is 2.48. The summed E-state index contributed by atoms with van der Waals surface area (Å²) < 4.78 is 4.98. The van der Waals surface area contributed by atoms with E-state index in [4.69, 9.17) is 10.5 Å². The van der Waals surface area contributed by atoms with Gasteiger partial charge in [-0.1, -0.05) is 12.1 Å². The number of anilines is 1. The number of nitrogens with two attached hydrogens (primary N) is 1. The van der Waals surface area contributed by atoms with Crippen LogP contribution in [0.15, 0.2) is 24.3 Å². The summed E-state index contributed by atoms with van der Waals surface area (Å²) in [4.78, 5) is 13.8. The lowest BCUT2D eigenvalue weighted by Crippen LogP contribution is -2.35. The number of halogens is 2. The lowest BCUT2D eigenvalue weighted by molar-refractivity contribution is -0.125. The van der Waals surface area contributed by atoms with Crippen molar-refractivity contribution in [3.05, 3.63) is 29.8 Å². The van der Waals surface area contributed by atoms with E-state index in [1.54, 1.807) is 0 Å². The Balaban J connectivity index is 0. The monoisotopic (exact) mass is 323 g/mol. The second-order valence-corrected chi connectivity index (χ2v) is 4.39. The smallest absolute Gasteiger partial charge is 0.254 e. The van der Waals surface area contributed by atoms with Crippen molar-refractivity contribution in [2.75, 3.05) is 33.1 Å². The molecule has 0 bridgehead atoms. The molecule has 0 spiro atoms. The number of carbonyl (C=O) groups is 1. The second kappa shape index (κ2) is 10.9. The van der Waals surface area contributed by atoms with Crippen molar-refractivity contribution in [1.29, 1.82) is 0 Å². The zero-order valence-electron chi connectivity index (χ0n) is 12.0. The first kappa shape index (κ1) is 21.4. The predicted molar refractivity (Wildman–Crippen MR) is 86.8 cm³/mol. The van der Waals surface area contributed by atoms with Crippen molar-refractivity contribution in [2.24, 2.45) is 5.73 Å². The van der Waals surface area contributed by atoms with Crippen LogP contribution in [-0.2, 0) is 16.1 Å². The maximum atomic E-state index is 11.8. The van der Waals surface area contributed by atoms with Crippen LogP contribution in [0.2, 0.25) is 0 Å². The predicted octanol–water partition coefficient (Wildman–Crippen LogP) is 1.50. The van der Waals surface area contributed by atoms with Gasteiger partial charge in [-0.05, 0) is 31.8 Å². The summed E-state index contributed by atoms with van der Waals surface area (Å²) in [6.07, 6.45) is -0.609. The number of carbonyl (C=O) groups excluding carboxylic acids is 1. The molecular formula is C13H23Cl2N3O2. The Labute approximate surface area is 132 Å². The molecule has 7 heteroatoms. The number of hydrogen-bond donors (Lipinski definition) is 2. The molecule has 0 saturated heterocycles. The van der Waals surface area contributed by atoms with Crippen molar-refractivity contribution in [1.82, 2.24) is 4.90 Å². The molecule has 1 rings (SSSR count). The summed E-state index contributed by atoms with van der Waals surface area (Å²) in [5.74, 6) is -0.220. The lowest BCUT2D eigenvalue weighted by Gasteiger charge is -2.14. The highest BCUT2D eigenvalue weighted by molar-refractivity contribution is 5.94. The summed E-state index contributed by atoms with van der Waals surface area (Å²) in [7, 11) is 5.47. The highest BCUT2D eigenvalue weighted by Gasteiger charge is 2.15. The highest BCUT2D eigenvalue weighted by Crippen LogP contribution is 2.12. The Bertz CT molecular complexity index is 399. The van der Waals surface area contributed by atoms with E-state index in [0.717, 1.165) is 17.8 Å². The first-order valence-electron chi connectivity index (χ1n) is 5.84. The standard InChI is InChI=1S/C13H21N3O2.2ClH/c1-16(2)9-10-5-4-6-11(7-10)15-13(17)12(8-14)18-3;;/h4-7,12H,8-9,14H2,1-3H3,(H,15,17);2*1H. The van der Waals surface area contributed by atoms with Gasteiger partial charge < -0.3 is 20.7 Å². The van der Waals surface area contributed by atoms with Crippen LogP contribution < -0.4 is 11.1 Å². The van der Waals surface area contributed by atoms with E-state index >= 15 is 0 Å². The molecule has 3 N–H and O–H groups in total. The fourth-order valence-corrected chi connectivity index (χ4v) is 1.65. The molecule has 0 aliphatic carbocycles. The summed E-state index contributed by atoms with van der Waals surface area (Å²) in [5, 5.41) is 2.80. The Morgan fingerprint density at radius 2 is 2.05 bits per heavy atom. The number of methoxy groups -OCH3 is 1. The Morgan fingerprint density at radius 1 is 1.40 bits per heavy atom. The van der Waals surface area contributed by atoms with Gasteiger partial charge in [0.05, 0.1) is 0 Å². The molecule has 0 fully saturated rings. The molecule has 5 nitrogen and oxygen atoms in total. The molecule has 0 heterocycles. The fraction of sp³-hybridized carbons (Fsp3) is 0.462. The van der Waals surface area contributed by atoms with Crippen LogP contribution >= 0.6 is 24.8 Å². The first-order valence-corrected chi connectivity index (χ1v) is 5.84. The van der Waals surface area contributed by atoms with E-state index in [0.29, 0.717) is 0 Å². The maximum absolute atomic E-state index is 11.8. The topological polar surface area (TPSA) is 67.6 Å². The van der Waals surface area contributed by atoms with Crippen LogP contribution in [0.3, 0.4) is 0 Å². The minimum Gasteiger partial charge on any atom is -0.370 e. The maximum Gasteiger partial charge on any atom is 0.254 e. The molecule has 116 valence electrons. The van der Waals surface area contributed by atoms with Crippen LogP contribution in [0.5, 0.6) is 0 Å². The van der Waals surface area contributed by atoms with Gasteiger partial charge in [-0.25, -0.2) is 0 Å². The zero-order valence-corrected chi connectivity index (χ0v) is 13.6. The van der Waals surface area contributed by atoms with E-state index in [-0.39, 0.29) is 37.3 Å². The van der Waals surface area contributed by atoms with E-state index in [2.05, 4.69) is 10.2 Å². The van der Waals surface area contributed by atoms with Gasteiger partial charge >= 0.3 is 0 Å². The number of rotatable bonds is 6. The molecule has 0 aromatic heterocycles. The Hall–Kier alpha value is -0.850. The fourth-order valence-electron chi connectivity index (χ4n) is 1.65. The summed E-state index contributed by atoms with van der Waals surface area (Å²) >= 11 is 0. The van der Waals surface area contributed by atoms with Gasteiger partial charge in [0, 0.05) is 25.9 Å². The normalized spacial score (nSPS) is 11.2. The molecular weight excluding hydrogens is 301 g/mol. The van der Waals surface area contributed by atoms with Gasteiger partial charge in [0.1, 0.15) is 6.10 Å². The van der Waals surface area contributed by atoms with E-state index in [1.165, 1.54) is 7.11 Å². The number of nitrogens with one attached hydrogen (secondary N) is 1. The van der Waals surface area contributed by atoms with Gasteiger partial charge in [0.2, 0.25) is 0 Å². The van der Waals surface area contributed by atoms with Crippen LogP contribution in [0, 0.1) is 0 Å². The van der Waals surface area contributed by atoms with Gasteiger partial charge in [-0.15, -0.1) is 24.8 Å².